The minimum atomic E-state index is 1.06. The maximum atomic E-state index is 4.54. The second kappa shape index (κ2) is 3.82. The second-order valence-corrected chi connectivity index (χ2v) is 2.71. The molecule has 0 aliphatic rings. The van der Waals surface area contributed by atoms with Gasteiger partial charge in [-0.25, -0.2) is 3.63 Å². The lowest BCUT2D eigenvalue weighted by molar-refractivity contribution is 0.773. The minimum Gasteiger partial charge on any atom is -0.245 e. The Morgan fingerprint density at radius 2 is 1.89 bits per heavy atom. The van der Waals surface area contributed by atoms with E-state index < -0.39 is 0 Å². The molecule has 0 heterocycles. The zero-order chi connectivity index (χ0) is 6.53. The number of benzene rings is 1. The van der Waals surface area contributed by atoms with E-state index in [0.717, 1.165) is 4.90 Å². The van der Waals surface area contributed by atoms with Crippen LogP contribution in [0.1, 0.15) is 0 Å². The molecule has 0 unspecified atom stereocenters. The third kappa shape index (κ3) is 2.30. The molecule has 1 aromatic rings. The molecule has 0 aliphatic carbocycles. The van der Waals surface area contributed by atoms with Crippen molar-refractivity contribution in [2.45, 2.75) is 4.90 Å². The highest BCUT2D eigenvalue weighted by molar-refractivity contribution is 8.01. The number of rotatable bonds is 2. The Morgan fingerprint density at radius 3 is 2.44 bits per heavy atom. The summed E-state index contributed by atoms with van der Waals surface area (Å²) in [5.74, 6) is 0. The molecular formula is C6H6OS2. The van der Waals surface area contributed by atoms with E-state index in [1.54, 1.807) is 0 Å². The molecule has 1 nitrogen and oxygen atoms in total. The molecule has 0 spiro atoms. The fraction of sp³-hybridized carbons (Fsp3) is 0. The van der Waals surface area contributed by atoms with Crippen LogP contribution >= 0.6 is 25.0 Å². The van der Waals surface area contributed by atoms with Gasteiger partial charge in [-0.2, -0.15) is 0 Å². The topological polar surface area (TPSA) is 9.23 Å². The summed E-state index contributed by atoms with van der Waals surface area (Å²) in [7, 11) is 0. The Labute approximate surface area is 64.2 Å². The Kier molecular flexibility index (Phi) is 2.97. The average molecular weight is 158 g/mol. The molecule has 0 atom stereocenters. The van der Waals surface area contributed by atoms with Crippen LogP contribution < -0.4 is 0 Å². The lowest BCUT2D eigenvalue weighted by atomic mass is 10.4. The van der Waals surface area contributed by atoms with Crippen molar-refractivity contribution in [3.8, 4) is 0 Å². The maximum Gasteiger partial charge on any atom is 0.0439 e. The third-order valence-corrected chi connectivity index (χ3v) is 1.64. The van der Waals surface area contributed by atoms with E-state index in [2.05, 4.69) is 16.5 Å². The molecule has 0 bridgehead atoms. The van der Waals surface area contributed by atoms with Crippen LogP contribution in [0, 0.1) is 0 Å². The van der Waals surface area contributed by atoms with Crippen molar-refractivity contribution in [1.29, 1.82) is 0 Å². The average Bonchev–Trinajstić information content (AvgIpc) is 1.91. The van der Waals surface area contributed by atoms with Crippen LogP contribution in [0.2, 0.25) is 0 Å². The molecule has 0 amide bonds. The fourth-order valence-electron chi connectivity index (χ4n) is 0.519. The molecule has 0 saturated carbocycles. The van der Waals surface area contributed by atoms with Crippen LogP contribution in [0.4, 0.5) is 0 Å². The lowest BCUT2D eigenvalue weighted by Crippen LogP contribution is -1.65. The molecular weight excluding hydrogens is 152 g/mol. The van der Waals surface area contributed by atoms with E-state index >= 15 is 0 Å². The Morgan fingerprint density at radius 1 is 1.22 bits per heavy atom. The van der Waals surface area contributed by atoms with Gasteiger partial charge in [0.2, 0.25) is 0 Å². The van der Waals surface area contributed by atoms with Crippen molar-refractivity contribution in [2.24, 2.45) is 0 Å². The first-order chi connectivity index (χ1) is 4.43. The van der Waals surface area contributed by atoms with Gasteiger partial charge in [-0.1, -0.05) is 18.2 Å². The summed E-state index contributed by atoms with van der Waals surface area (Å²) in [5.41, 5.74) is 0. The number of hydrogen-bond donors (Lipinski definition) is 1. The smallest absolute Gasteiger partial charge is 0.0439 e. The van der Waals surface area contributed by atoms with Gasteiger partial charge in [-0.15, -0.1) is 0 Å². The SMILES string of the molecule is SOSc1ccccc1. The first kappa shape index (κ1) is 6.99. The van der Waals surface area contributed by atoms with E-state index in [-0.39, 0.29) is 0 Å². The first-order valence-electron chi connectivity index (χ1n) is 2.46. The largest absolute Gasteiger partial charge is 0.245 e. The van der Waals surface area contributed by atoms with Crippen molar-refractivity contribution >= 4 is 25.0 Å². The molecule has 1 rings (SSSR count). The Bertz CT molecular complexity index is 164. The lowest BCUT2D eigenvalue weighted by Gasteiger charge is -1.92. The van der Waals surface area contributed by atoms with Gasteiger partial charge in [-0.3, -0.25) is 0 Å². The van der Waals surface area contributed by atoms with Crippen LogP contribution in [0.5, 0.6) is 0 Å². The van der Waals surface area contributed by atoms with Gasteiger partial charge in [0.1, 0.15) is 0 Å². The molecule has 0 aromatic heterocycles. The Hall–Kier alpha value is -0.120. The van der Waals surface area contributed by atoms with Gasteiger partial charge in [0, 0.05) is 16.9 Å². The van der Waals surface area contributed by atoms with Crippen molar-refractivity contribution in [3.63, 3.8) is 0 Å². The van der Waals surface area contributed by atoms with Gasteiger partial charge in [0.25, 0.3) is 0 Å². The molecule has 0 saturated heterocycles. The molecule has 0 fully saturated rings. The highest BCUT2D eigenvalue weighted by atomic mass is 32.2. The van der Waals surface area contributed by atoms with E-state index in [0.29, 0.717) is 0 Å². The minimum absolute atomic E-state index is 1.06. The van der Waals surface area contributed by atoms with Crippen LogP contribution in [0.3, 0.4) is 0 Å². The van der Waals surface area contributed by atoms with E-state index in [9.17, 15) is 0 Å². The van der Waals surface area contributed by atoms with E-state index in [4.69, 9.17) is 0 Å². The summed E-state index contributed by atoms with van der Waals surface area (Å²) in [6.45, 7) is 0. The van der Waals surface area contributed by atoms with E-state index in [1.165, 1.54) is 12.0 Å². The summed E-state index contributed by atoms with van der Waals surface area (Å²) >= 11 is 4.83. The first-order valence-corrected chi connectivity index (χ1v) is 3.57. The maximum absolute atomic E-state index is 4.54. The molecule has 0 radical (unpaired) electrons. The zero-order valence-corrected chi connectivity index (χ0v) is 6.36. The van der Waals surface area contributed by atoms with Crippen LogP contribution in [-0.2, 0) is 3.63 Å². The number of hydrogen-bond acceptors (Lipinski definition) is 3. The van der Waals surface area contributed by atoms with E-state index in [1.807, 2.05) is 30.3 Å². The highest BCUT2D eigenvalue weighted by Crippen LogP contribution is 2.18. The normalized spacial score (nSPS) is 9.44. The number of thiol groups is 1. The van der Waals surface area contributed by atoms with Crippen molar-refractivity contribution in [3.05, 3.63) is 30.3 Å². The van der Waals surface area contributed by atoms with Gasteiger partial charge in [0.15, 0.2) is 0 Å². The monoisotopic (exact) mass is 158 g/mol. The molecule has 0 aliphatic heterocycles. The zero-order valence-electron chi connectivity index (χ0n) is 4.65. The highest BCUT2D eigenvalue weighted by Gasteiger charge is 1.87. The van der Waals surface area contributed by atoms with Gasteiger partial charge in [0.05, 0.1) is 0 Å². The van der Waals surface area contributed by atoms with Crippen LogP contribution in [-0.4, -0.2) is 0 Å². The second-order valence-electron chi connectivity index (χ2n) is 1.47. The Balaban J connectivity index is 2.61. The van der Waals surface area contributed by atoms with Gasteiger partial charge >= 0.3 is 0 Å². The standard InChI is InChI=1S/C6H6OS2/c8-7-9-6-4-2-1-3-5-6/h1-5,8H. The van der Waals surface area contributed by atoms with Gasteiger partial charge < -0.3 is 0 Å². The summed E-state index contributed by atoms with van der Waals surface area (Å²) in [6, 6.07) is 9.79. The van der Waals surface area contributed by atoms with Crippen LogP contribution in [0.25, 0.3) is 0 Å². The summed E-state index contributed by atoms with van der Waals surface area (Å²) in [5, 5.41) is 0. The molecule has 0 N–H and O–H groups in total. The van der Waals surface area contributed by atoms with Crippen LogP contribution in [0.15, 0.2) is 35.2 Å². The summed E-state index contributed by atoms with van der Waals surface area (Å²) < 4.78 is 4.54. The third-order valence-electron chi connectivity index (χ3n) is 0.877. The van der Waals surface area contributed by atoms with Crippen molar-refractivity contribution in [1.82, 2.24) is 0 Å². The predicted molar refractivity (Wildman–Crippen MR) is 42.4 cm³/mol. The summed E-state index contributed by atoms with van der Waals surface area (Å²) in [4.78, 5) is 1.06. The molecule has 48 valence electrons. The summed E-state index contributed by atoms with van der Waals surface area (Å²) in [6.07, 6.45) is 0. The quantitative estimate of drug-likeness (QED) is 0.523. The molecule has 9 heavy (non-hydrogen) atoms. The predicted octanol–water partition coefficient (Wildman–Crippen LogP) is 2.56. The van der Waals surface area contributed by atoms with Crippen molar-refractivity contribution in [2.75, 3.05) is 0 Å². The fourth-order valence-corrected chi connectivity index (χ4v) is 1.13. The molecule has 1 aromatic carbocycles. The van der Waals surface area contributed by atoms with Crippen molar-refractivity contribution < 1.29 is 3.63 Å². The van der Waals surface area contributed by atoms with Gasteiger partial charge in [-0.05, 0) is 25.0 Å². The molecule has 3 heteroatoms.